The molecule has 0 saturated carbocycles. The molecule has 32 heavy (non-hydrogen) atoms. The van der Waals surface area contributed by atoms with Gasteiger partial charge < -0.3 is 11.1 Å². The molecule has 1 aromatic carbocycles. The second-order valence-electron chi connectivity index (χ2n) is 6.52. The molecule has 0 aliphatic rings. The van der Waals surface area contributed by atoms with Crippen LogP contribution in [0.25, 0.3) is 10.6 Å². The summed E-state index contributed by atoms with van der Waals surface area (Å²) in [6.07, 6.45) is -0.175. The molecule has 3 aromatic rings. The number of primary amides is 1. The molecule has 2 heterocycles. The Hall–Kier alpha value is -2.84. The topological polar surface area (TPSA) is 132 Å². The van der Waals surface area contributed by atoms with Crippen LogP contribution >= 0.6 is 22.7 Å². The van der Waals surface area contributed by atoms with Crippen molar-refractivity contribution in [3.63, 3.8) is 0 Å². The third kappa shape index (κ3) is 5.31. The van der Waals surface area contributed by atoms with Crippen LogP contribution in [0, 0.1) is 6.92 Å². The first-order valence-corrected chi connectivity index (χ1v) is 12.0. The van der Waals surface area contributed by atoms with Crippen LogP contribution in [0.3, 0.4) is 0 Å². The van der Waals surface area contributed by atoms with E-state index in [1.807, 2.05) is 0 Å². The molecule has 0 saturated heterocycles. The first-order valence-electron chi connectivity index (χ1n) is 8.77. The lowest BCUT2D eigenvalue weighted by atomic mass is 10.1. The van der Waals surface area contributed by atoms with Crippen molar-refractivity contribution in [3.8, 4) is 10.6 Å². The smallest absolute Gasteiger partial charge is 0.369 e. The van der Waals surface area contributed by atoms with Gasteiger partial charge in [-0.1, -0.05) is 12.1 Å². The maximum atomic E-state index is 12.6. The van der Waals surface area contributed by atoms with Crippen LogP contribution < -0.4 is 11.1 Å². The number of alkyl halides is 3. The lowest BCUT2D eigenvalue weighted by Crippen LogP contribution is -2.23. The van der Waals surface area contributed by atoms with E-state index < -0.39 is 32.1 Å². The summed E-state index contributed by atoms with van der Waals surface area (Å²) in [6, 6.07) is 3.91. The van der Waals surface area contributed by atoms with Crippen LogP contribution in [0.1, 0.15) is 16.3 Å². The molecule has 0 aliphatic heterocycles. The number of aryl methyl sites for hydroxylation is 1. The molecule has 2 amide bonds. The zero-order valence-electron chi connectivity index (χ0n) is 16.3. The van der Waals surface area contributed by atoms with E-state index in [4.69, 9.17) is 5.73 Å². The van der Waals surface area contributed by atoms with Crippen molar-refractivity contribution in [2.75, 3.05) is 5.32 Å². The van der Waals surface area contributed by atoms with Crippen LogP contribution in [-0.4, -0.2) is 35.7 Å². The van der Waals surface area contributed by atoms with Gasteiger partial charge in [0.15, 0.2) is 5.13 Å². The molecule has 0 radical (unpaired) electrons. The highest BCUT2D eigenvalue weighted by atomic mass is 32.2. The normalized spacial score (nSPS) is 12.0. The van der Waals surface area contributed by atoms with E-state index in [0.29, 0.717) is 27.1 Å². The summed E-state index contributed by atoms with van der Waals surface area (Å²) in [5.41, 5.74) is 1.35. The average Bonchev–Trinajstić information content (AvgIpc) is 3.26. The Balaban J connectivity index is 1.66. The Morgan fingerprint density at radius 1 is 1.12 bits per heavy atom. The van der Waals surface area contributed by atoms with Crippen LogP contribution in [0.4, 0.5) is 18.3 Å². The van der Waals surface area contributed by atoms with Gasteiger partial charge in [-0.25, -0.2) is 18.4 Å². The number of sulfone groups is 1. The third-order valence-electron chi connectivity index (χ3n) is 4.05. The van der Waals surface area contributed by atoms with Crippen molar-refractivity contribution in [2.45, 2.75) is 30.2 Å². The molecular weight excluding hydrogens is 489 g/mol. The SMILES string of the molecule is Cc1nc(CC(N)=O)sc1-c1csc(NC(=O)Cc2ccc(S(=O)(=O)C(F)(F)F)cc2)n1. The molecule has 0 fully saturated rings. The maximum absolute atomic E-state index is 12.6. The van der Waals surface area contributed by atoms with Crippen molar-refractivity contribution < 1.29 is 31.2 Å². The van der Waals surface area contributed by atoms with Crippen molar-refractivity contribution in [2.24, 2.45) is 5.73 Å². The molecule has 2 aromatic heterocycles. The van der Waals surface area contributed by atoms with E-state index in [2.05, 4.69) is 15.3 Å². The number of aromatic nitrogens is 2. The number of nitrogens with one attached hydrogen (secondary N) is 1. The van der Waals surface area contributed by atoms with Gasteiger partial charge in [-0.2, -0.15) is 13.2 Å². The van der Waals surface area contributed by atoms with Crippen LogP contribution in [0.5, 0.6) is 0 Å². The number of nitrogens with two attached hydrogens (primary N) is 1. The number of rotatable bonds is 7. The summed E-state index contributed by atoms with van der Waals surface area (Å²) in [5, 5.41) is 5.15. The largest absolute Gasteiger partial charge is 0.501 e. The number of carbonyl (C=O) groups is 2. The Labute approximate surface area is 188 Å². The second-order valence-corrected chi connectivity index (χ2v) is 10.4. The monoisotopic (exact) mass is 504 g/mol. The standard InChI is InChI=1S/C18H15F3N4O4S3/c1-9-16(31-15(23-9)7-13(22)26)12-8-30-17(24-12)25-14(27)6-10-2-4-11(5-3-10)32(28,29)18(19,20)21/h2-5,8H,6-7H2,1H3,(H2,22,26)(H,24,25,27). The molecule has 0 bridgehead atoms. The Bertz CT molecular complexity index is 1270. The van der Waals surface area contributed by atoms with Gasteiger partial charge in [0.1, 0.15) is 5.01 Å². The number of amides is 2. The fourth-order valence-corrected chi connectivity index (χ4v) is 5.21. The summed E-state index contributed by atoms with van der Waals surface area (Å²) < 4.78 is 60.6. The second kappa shape index (κ2) is 8.96. The zero-order chi connectivity index (χ0) is 23.7. The number of hydrogen-bond acceptors (Lipinski definition) is 8. The highest BCUT2D eigenvalue weighted by molar-refractivity contribution is 7.92. The van der Waals surface area contributed by atoms with Gasteiger partial charge in [0.05, 0.1) is 34.0 Å². The molecule has 14 heteroatoms. The number of benzene rings is 1. The molecule has 170 valence electrons. The minimum absolute atomic E-state index is 0.0162. The van der Waals surface area contributed by atoms with Crippen molar-refractivity contribution in [1.29, 1.82) is 0 Å². The van der Waals surface area contributed by atoms with Gasteiger partial charge in [-0.3, -0.25) is 9.59 Å². The molecule has 3 N–H and O–H groups in total. The highest BCUT2D eigenvalue weighted by Gasteiger charge is 2.46. The van der Waals surface area contributed by atoms with Gasteiger partial charge in [0.25, 0.3) is 9.84 Å². The fourth-order valence-electron chi connectivity index (χ4n) is 2.62. The van der Waals surface area contributed by atoms with E-state index in [1.165, 1.54) is 11.3 Å². The summed E-state index contributed by atoms with van der Waals surface area (Å²) in [4.78, 5) is 31.8. The molecule has 8 nitrogen and oxygen atoms in total. The zero-order valence-corrected chi connectivity index (χ0v) is 18.7. The predicted octanol–water partition coefficient (Wildman–Crippen LogP) is 3.08. The number of thiazole rings is 2. The number of nitrogens with zero attached hydrogens (tertiary/aromatic N) is 2. The minimum Gasteiger partial charge on any atom is -0.369 e. The third-order valence-corrected chi connectivity index (χ3v) is 7.49. The number of anilines is 1. The van der Waals surface area contributed by atoms with Crippen LogP contribution in [0.15, 0.2) is 34.5 Å². The number of hydrogen-bond donors (Lipinski definition) is 2. The lowest BCUT2D eigenvalue weighted by Gasteiger charge is -2.08. The van der Waals surface area contributed by atoms with Crippen LogP contribution in [0.2, 0.25) is 0 Å². The average molecular weight is 505 g/mol. The molecule has 0 unspecified atom stereocenters. The molecule has 0 aliphatic carbocycles. The highest BCUT2D eigenvalue weighted by Crippen LogP contribution is 2.33. The first-order chi connectivity index (χ1) is 14.9. The first kappa shape index (κ1) is 23.8. The quantitative estimate of drug-likeness (QED) is 0.508. The summed E-state index contributed by atoms with van der Waals surface area (Å²) >= 11 is 2.43. The van der Waals surface area contributed by atoms with Crippen molar-refractivity contribution in [3.05, 3.63) is 45.9 Å². The van der Waals surface area contributed by atoms with Crippen molar-refractivity contribution >= 4 is 49.5 Å². The van der Waals surface area contributed by atoms with Crippen molar-refractivity contribution in [1.82, 2.24) is 9.97 Å². The van der Waals surface area contributed by atoms with E-state index in [0.717, 1.165) is 40.5 Å². The van der Waals surface area contributed by atoms with Gasteiger partial charge in [0.2, 0.25) is 11.8 Å². The lowest BCUT2D eigenvalue weighted by molar-refractivity contribution is -0.117. The fraction of sp³-hybridized carbons (Fsp3) is 0.222. The van der Waals surface area contributed by atoms with Gasteiger partial charge >= 0.3 is 5.51 Å². The van der Waals surface area contributed by atoms with Crippen LogP contribution in [-0.2, 0) is 32.3 Å². The van der Waals surface area contributed by atoms with Gasteiger partial charge in [0, 0.05) is 5.38 Å². The predicted molar refractivity (Wildman–Crippen MR) is 113 cm³/mol. The summed E-state index contributed by atoms with van der Waals surface area (Å²) in [6.45, 7) is 1.76. The van der Waals surface area contributed by atoms with E-state index in [1.54, 1.807) is 12.3 Å². The summed E-state index contributed by atoms with van der Waals surface area (Å²) in [5.74, 6) is -0.978. The van der Waals surface area contributed by atoms with E-state index >= 15 is 0 Å². The Morgan fingerprint density at radius 3 is 2.38 bits per heavy atom. The minimum atomic E-state index is -5.44. The summed E-state index contributed by atoms with van der Waals surface area (Å²) in [7, 11) is -5.44. The Morgan fingerprint density at radius 2 is 1.78 bits per heavy atom. The molecular formula is C18H15F3N4O4S3. The maximum Gasteiger partial charge on any atom is 0.501 e. The van der Waals surface area contributed by atoms with E-state index in [9.17, 15) is 31.2 Å². The number of halogens is 3. The number of carbonyl (C=O) groups excluding carboxylic acids is 2. The molecule has 0 spiro atoms. The van der Waals surface area contributed by atoms with E-state index in [-0.39, 0.29) is 12.8 Å². The Kier molecular flexibility index (Phi) is 6.67. The molecule has 3 rings (SSSR count). The van der Waals surface area contributed by atoms with Gasteiger partial charge in [-0.05, 0) is 24.6 Å². The molecule has 0 atom stereocenters. The van der Waals surface area contributed by atoms with Gasteiger partial charge in [-0.15, -0.1) is 22.7 Å².